The van der Waals surface area contributed by atoms with Crippen LogP contribution in [0.2, 0.25) is 0 Å². The highest BCUT2D eigenvalue weighted by Gasteiger charge is 2.15. The van der Waals surface area contributed by atoms with Crippen LogP contribution in [-0.2, 0) is 10.5 Å². The minimum atomic E-state index is -0.232. The molecule has 0 spiro atoms. The summed E-state index contributed by atoms with van der Waals surface area (Å²) in [5, 5.41) is 2.81. The van der Waals surface area contributed by atoms with Crippen molar-refractivity contribution in [3.05, 3.63) is 95.9 Å². The van der Waals surface area contributed by atoms with Gasteiger partial charge in [0.1, 0.15) is 5.65 Å². The lowest BCUT2D eigenvalue weighted by molar-refractivity contribution is -0.116. The number of carbonyl (C=O) groups excluding carboxylic acids is 2. The molecule has 4 aromatic rings. The fraction of sp³-hybridized carbons (Fsp3) is 0.160. The van der Waals surface area contributed by atoms with E-state index in [0.29, 0.717) is 11.3 Å². The number of hydrogen-bond donors (Lipinski definition) is 1. The zero-order valence-electron chi connectivity index (χ0n) is 18.0. The van der Waals surface area contributed by atoms with E-state index in [-0.39, 0.29) is 18.4 Å². The second-order valence-corrected chi connectivity index (χ2v) is 8.64. The van der Waals surface area contributed by atoms with Crippen molar-refractivity contribution < 1.29 is 9.59 Å². The summed E-state index contributed by atoms with van der Waals surface area (Å²) in [6.45, 7) is 1.97. The smallest absolute Gasteiger partial charge is 0.254 e. The van der Waals surface area contributed by atoms with Gasteiger partial charge in [0.25, 0.3) is 5.91 Å². The summed E-state index contributed by atoms with van der Waals surface area (Å²) < 4.78 is 2.00. The largest absolute Gasteiger partial charge is 0.332 e. The summed E-state index contributed by atoms with van der Waals surface area (Å²) in [7, 11) is 1.63. The van der Waals surface area contributed by atoms with Gasteiger partial charge < -0.3 is 14.6 Å². The van der Waals surface area contributed by atoms with Crippen LogP contribution in [0.3, 0.4) is 0 Å². The molecule has 0 aliphatic heterocycles. The van der Waals surface area contributed by atoms with Crippen molar-refractivity contribution >= 4 is 34.9 Å². The Morgan fingerprint density at radius 3 is 2.50 bits per heavy atom. The molecule has 2 heterocycles. The van der Waals surface area contributed by atoms with Crippen LogP contribution in [0, 0.1) is 6.92 Å². The molecule has 0 aliphatic carbocycles. The minimum absolute atomic E-state index is 0.0168. The van der Waals surface area contributed by atoms with Gasteiger partial charge in [-0.15, -0.1) is 11.8 Å². The average molecular weight is 445 g/mol. The van der Waals surface area contributed by atoms with Crippen LogP contribution in [0.4, 0.5) is 5.69 Å². The van der Waals surface area contributed by atoms with Gasteiger partial charge in [0.2, 0.25) is 5.91 Å². The molecule has 0 aliphatic rings. The molecule has 2 amide bonds. The van der Waals surface area contributed by atoms with E-state index in [0.717, 1.165) is 27.6 Å². The number of pyridine rings is 1. The van der Waals surface area contributed by atoms with E-state index in [4.69, 9.17) is 0 Å². The molecule has 7 heteroatoms. The first-order valence-electron chi connectivity index (χ1n) is 10.3. The Labute approximate surface area is 191 Å². The number of amides is 2. The second-order valence-electron chi connectivity index (χ2n) is 7.59. The fourth-order valence-electron chi connectivity index (χ4n) is 3.25. The Bertz CT molecular complexity index is 1200. The monoisotopic (exact) mass is 444 g/mol. The van der Waals surface area contributed by atoms with Gasteiger partial charge >= 0.3 is 0 Å². The number of anilines is 1. The first-order valence-corrected chi connectivity index (χ1v) is 11.2. The van der Waals surface area contributed by atoms with Crippen molar-refractivity contribution in [2.45, 2.75) is 17.6 Å². The van der Waals surface area contributed by atoms with Crippen LogP contribution in [0.25, 0.3) is 5.65 Å². The quantitative estimate of drug-likeness (QED) is 0.422. The number of likely N-dealkylation sites (N-methyl/N-ethyl adjacent to an activating group) is 1. The van der Waals surface area contributed by atoms with E-state index in [1.54, 1.807) is 30.9 Å². The summed E-state index contributed by atoms with van der Waals surface area (Å²) >= 11 is 1.67. The lowest BCUT2D eigenvalue weighted by Crippen LogP contribution is -2.34. The highest BCUT2D eigenvalue weighted by atomic mass is 32.2. The predicted octanol–water partition coefficient (Wildman–Crippen LogP) is 4.65. The van der Waals surface area contributed by atoms with Crippen molar-refractivity contribution in [3.63, 3.8) is 0 Å². The number of fused-ring (bicyclic) bond motifs is 1. The lowest BCUT2D eigenvalue weighted by Gasteiger charge is -2.17. The van der Waals surface area contributed by atoms with Gasteiger partial charge in [0.05, 0.1) is 12.2 Å². The normalized spacial score (nSPS) is 10.8. The summed E-state index contributed by atoms with van der Waals surface area (Å²) in [5.41, 5.74) is 4.32. The number of nitrogens with zero attached hydrogens (tertiary/aromatic N) is 3. The number of carbonyl (C=O) groups is 2. The molecule has 32 heavy (non-hydrogen) atoms. The van der Waals surface area contributed by atoms with Crippen molar-refractivity contribution in [3.8, 4) is 0 Å². The highest BCUT2D eigenvalue weighted by Crippen LogP contribution is 2.23. The predicted molar refractivity (Wildman–Crippen MR) is 128 cm³/mol. The van der Waals surface area contributed by atoms with Crippen LogP contribution in [0.5, 0.6) is 0 Å². The number of aromatic nitrogens is 2. The van der Waals surface area contributed by atoms with E-state index in [2.05, 4.69) is 10.3 Å². The summed E-state index contributed by atoms with van der Waals surface area (Å²) in [6.07, 6.45) is 4.01. The highest BCUT2D eigenvalue weighted by molar-refractivity contribution is 7.98. The average Bonchev–Trinajstić information content (AvgIpc) is 3.22. The molecule has 4 rings (SSSR count). The Hall–Kier alpha value is -3.58. The number of rotatable bonds is 7. The Balaban J connectivity index is 1.30. The number of hydrogen-bond acceptors (Lipinski definition) is 4. The molecular formula is C25H24N4O2S. The fourth-order valence-corrected chi connectivity index (χ4v) is 4.03. The topological polar surface area (TPSA) is 66.7 Å². The molecule has 0 saturated heterocycles. The van der Waals surface area contributed by atoms with Gasteiger partial charge in [-0.3, -0.25) is 9.59 Å². The minimum Gasteiger partial charge on any atom is -0.332 e. The molecule has 0 unspecified atom stereocenters. The van der Waals surface area contributed by atoms with E-state index in [9.17, 15) is 9.59 Å². The van der Waals surface area contributed by atoms with Crippen LogP contribution in [-0.4, -0.2) is 39.7 Å². The van der Waals surface area contributed by atoms with Crippen molar-refractivity contribution in [1.82, 2.24) is 14.3 Å². The number of benzene rings is 2. The maximum absolute atomic E-state index is 12.7. The number of nitrogens with one attached hydrogen (secondary N) is 1. The Morgan fingerprint density at radius 2 is 1.78 bits per heavy atom. The SMILES string of the molecule is Cc1ccc(NC(=O)CN(C)C(=O)c2ccc(SCc3cn4ccccc4n3)cc2)cc1. The molecular weight excluding hydrogens is 420 g/mol. The van der Waals surface area contributed by atoms with Crippen molar-refractivity contribution in [1.29, 1.82) is 0 Å². The molecule has 2 aromatic carbocycles. The van der Waals surface area contributed by atoms with Crippen molar-refractivity contribution in [2.24, 2.45) is 0 Å². The Morgan fingerprint density at radius 1 is 1.03 bits per heavy atom. The standard InChI is InChI=1S/C25H24N4O2S/c1-18-6-10-20(11-7-18)27-24(30)16-28(2)25(31)19-8-12-22(13-9-19)32-17-21-15-29-14-4-3-5-23(29)26-21/h3-15H,16-17H2,1-2H3,(H,27,30). The third-order valence-corrected chi connectivity index (χ3v) is 6.01. The Kier molecular flexibility index (Phi) is 6.56. The zero-order valence-corrected chi connectivity index (χ0v) is 18.8. The van der Waals surface area contributed by atoms with Gasteiger partial charge in [0, 0.05) is 41.3 Å². The second kappa shape index (κ2) is 9.70. The zero-order chi connectivity index (χ0) is 22.5. The van der Waals surface area contributed by atoms with Crippen molar-refractivity contribution in [2.75, 3.05) is 18.9 Å². The van der Waals surface area contributed by atoms with Gasteiger partial charge in [-0.2, -0.15) is 0 Å². The van der Waals surface area contributed by atoms with E-state index in [1.165, 1.54) is 4.90 Å². The molecule has 6 nitrogen and oxygen atoms in total. The molecule has 1 N–H and O–H groups in total. The number of imidazole rings is 1. The third kappa shape index (κ3) is 5.36. The summed E-state index contributed by atoms with van der Waals surface area (Å²) in [4.78, 5) is 32.0. The number of aryl methyl sites for hydroxylation is 1. The summed E-state index contributed by atoms with van der Waals surface area (Å²) in [5.74, 6) is 0.318. The number of thioether (sulfide) groups is 1. The van der Waals surface area contributed by atoms with Crippen LogP contribution in [0.1, 0.15) is 21.6 Å². The molecule has 0 atom stereocenters. The van der Waals surface area contributed by atoms with Crippen LogP contribution >= 0.6 is 11.8 Å². The van der Waals surface area contributed by atoms with Crippen LogP contribution in [0.15, 0.2) is 84.0 Å². The first kappa shape index (κ1) is 21.6. The van der Waals surface area contributed by atoms with E-state index < -0.39 is 0 Å². The maximum atomic E-state index is 12.7. The molecule has 162 valence electrons. The molecule has 0 radical (unpaired) electrons. The lowest BCUT2D eigenvalue weighted by atomic mass is 10.2. The molecule has 0 saturated carbocycles. The van der Waals surface area contributed by atoms with Crippen LogP contribution < -0.4 is 5.32 Å². The summed E-state index contributed by atoms with van der Waals surface area (Å²) in [6, 6.07) is 20.9. The van der Waals surface area contributed by atoms with Gasteiger partial charge in [-0.05, 0) is 55.5 Å². The van der Waals surface area contributed by atoms with Gasteiger partial charge in [-0.25, -0.2) is 4.98 Å². The molecule has 0 bridgehead atoms. The maximum Gasteiger partial charge on any atom is 0.254 e. The van der Waals surface area contributed by atoms with Gasteiger partial charge in [-0.1, -0.05) is 23.8 Å². The van der Waals surface area contributed by atoms with E-state index in [1.807, 2.05) is 78.3 Å². The molecule has 0 fully saturated rings. The molecule has 2 aromatic heterocycles. The third-order valence-electron chi connectivity index (χ3n) is 4.96. The first-order chi connectivity index (χ1) is 15.5. The van der Waals surface area contributed by atoms with Gasteiger partial charge in [0.15, 0.2) is 0 Å². The van der Waals surface area contributed by atoms with E-state index >= 15 is 0 Å².